The lowest BCUT2D eigenvalue weighted by Crippen LogP contribution is -2.31. The van der Waals surface area contributed by atoms with Gasteiger partial charge in [0.05, 0.1) is 20.2 Å². The Hall–Kier alpha value is -3.42. The van der Waals surface area contributed by atoms with Gasteiger partial charge in [-0.2, -0.15) is 0 Å². The number of hydrogen-bond acceptors (Lipinski definition) is 4. The number of benzene rings is 2. The number of rotatable bonds is 7. The van der Waals surface area contributed by atoms with E-state index in [0.29, 0.717) is 23.2 Å². The summed E-state index contributed by atoms with van der Waals surface area (Å²) in [6, 6.07) is 11.0. The Morgan fingerprint density at radius 3 is 2.62 bits per heavy atom. The van der Waals surface area contributed by atoms with Crippen LogP contribution in [0, 0.1) is 5.82 Å². The molecule has 0 saturated carbocycles. The molecule has 1 saturated heterocycles. The maximum Gasteiger partial charge on any atom is 0.324 e. The molecule has 0 radical (unpaired) electrons. The van der Waals surface area contributed by atoms with Crippen LogP contribution in [0.1, 0.15) is 28.4 Å². The van der Waals surface area contributed by atoms with Crippen molar-refractivity contribution < 1.29 is 23.5 Å². The van der Waals surface area contributed by atoms with E-state index in [-0.39, 0.29) is 37.2 Å². The number of nitrogens with zero attached hydrogens (tertiary/aromatic N) is 2. The Bertz CT molecular complexity index is 931. The van der Waals surface area contributed by atoms with Crippen molar-refractivity contribution in [1.82, 2.24) is 15.1 Å². The van der Waals surface area contributed by atoms with Crippen LogP contribution in [-0.2, 0) is 17.9 Å². The smallest absolute Gasteiger partial charge is 0.324 e. The Balaban J connectivity index is 1.75. The molecule has 1 heterocycles. The van der Waals surface area contributed by atoms with Crippen molar-refractivity contribution in [3.8, 4) is 5.75 Å². The van der Waals surface area contributed by atoms with Gasteiger partial charge in [-0.3, -0.25) is 14.5 Å². The second-order valence-electron chi connectivity index (χ2n) is 6.63. The average Bonchev–Trinajstić information content (AvgIpc) is 3.04. The van der Waals surface area contributed by atoms with Crippen LogP contribution >= 0.6 is 0 Å². The number of methoxy groups -OCH3 is 1. The molecule has 2 aromatic carbocycles. The highest BCUT2D eigenvalue weighted by molar-refractivity contribution is 6.02. The summed E-state index contributed by atoms with van der Waals surface area (Å²) in [5, 5.41) is 2.47. The minimum absolute atomic E-state index is 0.0144. The predicted octanol–water partition coefficient (Wildman–Crippen LogP) is 2.55. The molecule has 152 valence electrons. The summed E-state index contributed by atoms with van der Waals surface area (Å²) in [5.74, 6) is -0.855. The molecular weight excluding hydrogens is 377 g/mol. The zero-order valence-corrected chi connectivity index (χ0v) is 16.3. The van der Waals surface area contributed by atoms with Crippen molar-refractivity contribution in [3.05, 3.63) is 65.0 Å². The first-order valence-corrected chi connectivity index (χ1v) is 9.21. The molecular formula is C21H22FN3O4. The predicted molar refractivity (Wildman–Crippen MR) is 104 cm³/mol. The van der Waals surface area contributed by atoms with Gasteiger partial charge in [0.1, 0.15) is 0 Å². The van der Waals surface area contributed by atoms with Crippen LogP contribution in [0.3, 0.4) is 0 Å². The van der Waals surface area contributed by atoms with Gasteiger partial charge in [0.2, 0.25) is 5.91 Å². The number of ether oxygens (including phenoxy) is 1. The van der Waals surface area contributed by atoms with E-state index in [2.05, 4.69) is 5.32 Å². The van der Waals surface area contributed by atoms with Crippen molar-refractivity contribution in [2.75, 3.05) is 20.2 Å². The molecule has 3 rings (SSSR count). The second-order valence-corrected chi connectivity index (χ2v) is 6.63. The summed E-state index contributed by atoms with van der Waals surface area (Å²) in [6.07, 6.45) is 0. The maximum atomic E-state index is 13.9. The van der Waals surface area contributed by atoms with Gasteiger partial charge in [-0.05, 0) is 42.3 Å². The maximum absolute atomic E-state index is 13.9. The third-order valence-corrected chi connectivity index (χ3v) is 4.71. The van der Waals surface area contributed by atoms with Gasteiger partial charge in [0.25, 0.3) is 5.91 Å². The first-order valence-electron chi connectivity index (χ1n) is 9.21. The minimum Gasteiger partial charge on any atom is -0.494 e. The topological polar surface area (TPSA) is 79.0 Å². The molecule has 0 aromatic heterocycles. The summed E-state index contributed by atoms with van der Waals surface area (Å²) in [4.78, 5) is 39.1. The highest BCUT2D eigenvalue weighted by atomic mass is 19.1. The molecule has 29 heavy (non-hydrogen) atoms. The number of halogens is 1. The van der Waals surface area contributed by atoms with Crippen LogP contribution in [0.25, 0.3) is 0 Å². The lowest BCUT2D eigenvalue weighted by atomic mass is 10.1. The van der Waals surface area contributed by atoms with Gasteiger partial charge in [0, 0.05) is 18.7 Å². The Morgan fingerprint density at radius 1 is 1.21 bits per heavy atom. The van der Waals surface area contributed by atoms with Crippen molar-refractivity contribution in [2.24, 2.45) is 0 Å². The molecule has 0 atom stereocenters. The van der Waals surface area contributed by atoms with E-state index in [1.165, 1.54) is 19.2 Å². The van der Waals surface area contributed by atoms with E-state index in [4.69, 9.17) is 4.74 Å². The number of amides is 4. The molecule has 1 N–H and O–H groups in total. The van der Waals surface area contributed by atoms with Gasteiger partial charge in [0.15, 0.2) is 11.6 Å². The van der Waals surface area contributed by atoms with E-state index >= 15 is 0 Å². The van der Waals surface area contributed by atoms with Crippen LogP contribution in [0.2, 0.25) is 0 Å². The second kappa shape index (κ2) is 8.72. The van der Waals surface area contributed by atoms with Crippen molar-refractivity contribution in [1.29, 1.82) is 0 Å². The zero-order chi connectivity index (χ0) is 21.0. The molecule has 0 spiro atoms. The molecule has 1 fully saturated rings. The van der Waals surface area contributed by atoms with Crippen molar-refractivity contribution in [3.63, 3.8) is 0 Å². The van der Waals surface area contributed by atoms with Crippen LogP contribution in [0.4, 0.5) is 9.18 Å². The standard InChI is InChI=1S/C21H22FN3O4/c1-3-24(12-15-7-8-18(29-2)17(22)10-15)20(27)16-6-4-5-14(9-16)13-25-19(26)11-23-21(25)28/h4-10H,3,11-13H2,1-2H3,(H,23,28). The normalized spacial score (nSPS) is 13.4. The molecule has 1 aliphatic rings. The van der Waals surface area contributed by atoms with Gasteiger partial charge in [-0.25, -0.2) is 9.18 Å². The van der Waals surface area contributed by atoms with Crippen molar-refractivity contribution in [2.45, 2.75) is 20.0 Å². The molecule has 7 nitrogen and oxygen atoms in total. The Morgan fingerprint density at radius 2 is 2.00 bits per heavy atom. The number of urea groups is 1. The summed E-state index contributed by atoms with van der Waals surface area (Å²) in [7, 11) is 1.40. The lowest BCUT2D eigenvalue weighted by Gasteiger charge is -2.22. The third-order valence-electron chi connectivity index (χ3n) is 4.71. The zero-order valence-electron chi connectivity index (χ0n) is 16.3. The fraction of sp³-hybridized carbons (Fsp3) is 0.286. The highest BCUT2D eigenvalue weighted by Crippen LogP contribution is 2.20. The monoisotopic (exact) mass is 399 g/mol. The highest BCUT2D eigenvalue weighted by Gasteiger charge is 2.28. The van der Waals surface area contributed by atoms with Gasteiger partial charge in [-0.1, -0.05) is 18.2 Å². The third kappa shape index (κ3) is 4.53. The van der Waals surface area contributed by atoms with E-state index in [9.17, 15) is 18.8 Å². The first kappa shape index (κ1) is 20.3. The fourth-order valence-corrected chi connectivity index (χ4v) is 3.14. The summed E-state index contributed by atoms with van der Waals surface area (Å²) >= 11 is 0. The van der Waals surface area contributed by atoms with Gasteiger partial charge >= 0.3 is 6.03 Å². The molecule has 8 heteroatoms. The lowest BCUT2D eigenvalue weighted by molar-refractivity contribution is -0.125. The van der Waals surface area contributed by atoms with Gasteiger partial charge < -0.3 is 15.0 Å². The first-order chi connectivity index (χ1) is 13.9. The van der Waals surface area contributed by atoms with E-state index < -0.39 is 11.8 Å². The van der Waals surface area contributed by atoms with Gasteiger partial charge in [-0.15, -0.1) is 0 Å². The summed E-state index contributed by atoms with van der Waals surface area (Å²) < 4.78 is 18.9. The quantitative estimate of drug-likeness (QED) is 0.726. The molecule has 0 unspecified atom stereocenters. The number of carbonyl (C=O) groups is 3. The SMILES string of the molecule is CCN(Cc1ccc(OC)c(F)c1)C(=O)c1cccc(CN2C(=O)CNC2=O)c1. The number of nitrogens with one attached hydrogen (secondary N) is 1. The summed E-state index contributed by atoms with van der Waals surface area (Å²) in [5.41, 5.74) is 1.76. The van der Waals surface area contributed by atoms with Crippen molar-refractivity contribution >= 4 is 17.8 Å². The molecule has 1 aliphatic heterocycles. The Labute approximate surface area is 168 Å². The van der Waals surface area contributed by atoms with Crippen LogP contribution < -0.4 is 10.1 Å². The van der Waals surface area contributed by atoms with Crippen LogP contribution in [-0.4, -0.2) is 47.8 Å². The van der Waals surface area contributed by atoms with E-state index in [0.717, 1.165) is 4.90 Å². The molecule has 2 aromatic rings. The number of carbonyl (C=O) groups excluding carboxylic acids is 3. The Kier molecular flexibility index (Phi) is 6.11. The van der Waals surface area contributed by atoms with Crippen LogP contribution in [0.5, 0.6) is 5.75 Å². The molecule has 4 amide bonds. The number of imide groups is 1. The van der Waals surface area contributed by atoms with E-state index in [1.807, 2.05) is 6.92 Å². The average molecular weight is 399 g/mol. The molecule has 0 aliphatic carbocycles. The molecule has 0 bridgehead atoms. The largest absolute Gasteiger partial charge is 0.494 e. The van der Waals surface area contributed by atoms with E-state index in [1.54, 1.807) is 35.2 Å². The van der Waals surface area contributed by atoms with Crippen LogP contribution in [0.15, 0.2) is 42.5 Å². The minimum atomic E-state index is -0.482. The summed E-state index contributed by atoms with van der Waals surface area (Å²) in [6.45, 7) is 2.60. The number of hydrogen-bond donors (Lipinski definition) is 1. The fourth-order valence-electron chi connectivity index (χ4n) is 3.14.